The molecule has 13 heavy (non-hydrogen) atoms. The number of rotatable bonds is 4. The van der Waals surface area contributed by atoms with Crippen molar-refractivity contribution in [3.8, 4) is 5.75 Å². The van der Waals surface area contributed by atoms with Gasteiger partial charge in [0.1, 0.15) is 5.75 Å². The fourth-order valence-corrected chi connectivity index (χ4v) is 1.38. The van der Waals surface area contributed by atoms with Crippen molar-refractivity contribution >= 4 is 0 Å². The van der Waals surface area contributed by atoms with Crippen molar-refractivity contribution in [3.05, 3.63) is 42.0 Å². The van der Waals surface area contributed by atoms with Crippen molar-refractivity contribution in [2.75, 3.05) is 0 Å². The summed E-state index contributed by atoms with van der Waals surface area (Å²) >= 11 is 0. The monoisotopic (exact) mass is 176 g/mol. The van der Waals surface area contributed by atoms with Crippen LogP contribution in [0, 0.1) is 0 Å². The SMILES string of the molecule is C=CCc1ccc(CCC)cc1O. The molecule has 0 aliphatic carbocycles. The van der Waals surface area contributed by atoms with Gasteiger partial charge in [-0.3, -0.25) is 0 Å². The maximum Gasteiger partial charge on any atom is 0.119 e. The van der Waals surface area contributed by atoms with Crippen molar-refractivity contribution in [1.29, 1.82) is 0 Å². The summed E-state index contributed by atoms with van der Waals surface area (Å²) in [5.74, 6) is 0.394. The summed E-state index contributed by atoms with van der Waals surface area (Å²) in [6.45, 7) is 5.78. The highest BCUT2D eigenvalue weighted by molar-refractivity contribution is 5.37. The normalized spacial score (nSPS) is 9.92. The van der Waals surface area contributed by atoms with Gasteiger partial charge in [-0.05, 0) is 30.0 Å². The lowest BCUT2D eigenvalue weighted by molar-refractivity contribution is 0.469. The van der Waals surface area contributed by atoms with E-state index in [1.807, 2.05) is 12.1 Å². The Morgan fingerprint density at radius 2 is 2.23 bits per heavy atom. The number of hydrogen-bond donors (Lipinski definition) is 1. The second-order valence-corrected chi connectivity index (χ2v) is 3.21. The minimum atomic E-state index is 0.394. The zero-order valence-electron chi connectivity index (χ0n) is 8.09. The topological polar surface area (TPSA) is 20.2 Å². The van der Waals surface area contributed by atoms with Gasteiger partial charge in [0.05, 0.1) is 0 Å². The molecule has 0 aromatic heterocycles. The molecule has 0 radical (unpaired) electrons. The smallest absolute Gasteiger partial charge is 0.119 e. The molecule has 1 aromatic carbocycles. The molecular weight excluding hydrogens is 160 g/mol. The van der Waals surface area contributed by atoms with Gasteiger partial charge in [0.25, 0.3) is 0 Å². The minimum Gasteiger partial charge on any atom is -0.508 e. The molecule has 1 nitrogen and oxygen atoms in total. The summed E-state index contributed by atoms with van der Waals surface area (Å²) in [5, 5.41) is 9.60. The van der Waals surface area contributed by atoms with E-state index in [4.69, 9.17) is 0 Å². The van der Waals surface area contributed by atoms with Crippen LogP contribution in [0.25, 0.3) is 0 Å². The summed E-state index contributed by atoms with van der Waals surface area (Å²) in [7, 11) is 0. The van der Waals surface area contributed by atoms with E-state index in [2.05, 4.69) is 19.6 Å². The van der Waals surface area contributed by atoms with Gasteiger partial charge in [0.15, 0.2) is 0 Å². The summed E-state index contributed by atoms with van der Waals surface area (Å²) < 4.78 is 0. The number of phenolic OH excluding ortho intramolecular Hbond substituents is 1. The first-order valence-corrected chi connectivity index (χ1v) is 4.69. The summed E-state index contributed by atoms with van der Waals surface area (Å²) in [4.78, 5) is 0. The van der Waals surface area contributed by atoms with Crippen molar-refractivity contribution in [2.24, 2.45) is 0 Å². The molecule has 0 aliphatic heterocycles. The van der Waals surface area contributed by atoms with Crippen LogP contribution in [-0.4, -0.2) is 5.11 Å². The molecule has 0 saturated carbocycles. The van der Waals surface area contributed by atoms with Crippen LogP contribution in [0.15, 0.2) is 30.9 Å². The van der Waals surface area contributed by atoms with E-state index in [9.17, 15) is 5.11 Å². The zero-order chi connectivity index (χ0) is 9.68. The molecule has 0 heterocycles. The van der Waals surface area contributed by atoms with Gasteiger partial charge in [0.2, 0.25) is 0 Å². The molecule has 1 rings (SSSR count). The molecule has 70 valence electrons. The third kappa shape index (κ3) is 2.62. The minimum absolute atomic E-state index is 0.394. The fraction of sp³-hybridized carbons (Fsp3) is 0.333. The molecule has 0 aliphatic rings. The van der Waals surface area contributed by atoms with Gasteiger partial charge < -0.3 is 5.11 Å². The summed E-state index contributed by atoms with van der Waals surface area (Å²) in [6, 6.07) is 5.90. The second-order valence-electron chi connectivity index (χ2n) is 3.21. The lowest BCUT2D eigenvalue weighted by Gasteiger charge is -2.04. The van der Waals surface area contributed by atoms with Crippen molar-refractivity contribution in [1.82, 2.24) is 0 Å². The van der Waals surface area contributed by atoms with E-state index in [-0.39, 0.29) is 0 Å². The molecule has 0 unspecified atom stereocenters. The molecule has 0 saturated heterocycles. The Hall–Kier alpha value is -1.24. The largest absolute Gasteiger partial charge is 0.508 e. The Morgan fingerprint density at radius 1 is 1.46 bits per heavy atom. The molecule has 1 N–H and O–H groups in total. The number of hydrogen-bond acceptors (Lipinski definition) is 1. The maximum atomic E-state index is 9.60. The lowest BCUT2D eigenvalue weighted by atomic mass is 10.0. The van der Waals surface area contributed by atoms with Gasteiger partial charge in [0, 0.05) is 0 Å². The molecule has 0 amide bonds. The molecule has 0 atom stereocenters. The van der Waals surface area contributed by atoms with Crippen molar-refractivity contribution in [3.63, 3.8) is 0 Å². The van der Waals surface area contributed by atoms with Crippen LogP contribution < -0.4 is 0 Å². The lowest BCUT2D eigenvalue weighted by Crippen LogP contribution is -1.87. The number of aromatic hydroxyl groups is 1. The van der Waals surface area contributed by atoms with Gasteiger partial charge in [-0.25, -0.2) is 0 Å². The Balaban J connectivity index is 2.84. The van der Waals surface area contributed by atoms with Crippen molar-refractivity contribution in [2.45, 2.75) is 26.2 Å². The van der Waals surface area contributed by atoms with E-state index in [0.29, 0.717) is 5.75 Å². The second kappa shape index (κ2) is 4.70. The summed E-state index contributed by atoms with van der Waals surface area (Å²) in [6.07, 6.45) is 4.68. The van der Waals surface area contributed by atoms with Gasteiger partial charge in [-0.2, -0.15) is 0 Å². The average Bonchev–Trinajstić information content (AvgIpc) is 2.10. The molecule has 0 bridgehead atoms. The Labute approximate surface area is 79.7 Å². The first kappa shape index (κ1) is 9.85. The quantitative estimate of drug-likeness (QED) is 0.699. The van der Waals surface area contributed by atoms with E-state index in [0.717, 1.165) is 24.8 Å². The van der Waals surface area contributed by atoms with Gasteiger partial charge >= 0.3 is 0 Å². The average molecular weight is 176 g/mol. The zero-order valence-corrected chi connectivity index (χ0v) is 8.09. The Bertz CT molecular complexity index is 289. The van der Waals surface area contributed by atoms with E-state index >= 15 is 0 Å². The van der Waals surface area contributed by atoms with Crippen LogP contribution in [-0.2, 0) is 12.8 Å². The number of phenols is 1. The molecule has 1 heteroatoms. The van der Waals surface area contributed by atoms with Crippen LogP contribution in [0.1, 0.15) is 24.5 Å². The van der Waals surface area contributed by atoms with E-state index < -0.39 is 0 Å². The molecule has 0 fully saturated rings. The van der Waals surface area contributed by atoms with Crippen LogP contribution >= 0.6 is 0 Å². The predicted molar refractivity (Wildman–Crippen MR) is 56.0 cm³/mol. The fourth-order valence-electron chi connectivity index (χ4n) is 1.38. The number of benzene rings is 1. The summed E-state index contributed by atoms with van der Waals surface area (Å²) in [5.41, 5.74) is 2.16. The number of aryl methyl sites for hydroxylation is 1. The first-order chi connectivity index (χ1) is 6.27. The standard InChI is InChI=1S/C12H16O/c1-3-5-10-7-8-11(6-4-2)12(13)9-10/h4,7-9,13H,2-3,5-6H2,1H3. The van der Waals surface area contributed by atoms with Gasteiger partial charge in [-0.15, -0.1) is 6.58 Å². The third-order valence-electron chi connectivity index (χ3n) is 2.05. The molecule has 1 aromatic rings. The predicted octanol–water partition coefficient (Wildman–Crippen LogP) is 3.07. The van der Waals surface area contributed by atoms with E-state index in [1.54, 1.807) is 6.08 Å². The highest BCUT2D eigenvalue weighted by Crippen LogP contribution is 2.20. The van der Waals surface area contributed by atoms with Crippen LogP contribution in [0.4, 0.5) is 0 Å². The first-order valence-electron chi connectivity index (χ1n) is 4.69. The van der Waals surface area contributed by atoms with Crippen LogP contribution in [0.5, 0.6) is 5.75 Å². The highest BCUT2D eigenvalue weighted by Gasteiger charge is 1.99. The van der Waals surface area contributed by atoms with Gasteiger partial charge in [-0.1, -0.05) is 31.6 Å². The third-order valence-corrected chi connectivity index (χ3v) is 2.05. The van der Waals surface area contributed by atoms with E-state index in [1.165, 1.54) is 5.56 Å². The maximum absolute atomic E-state index is 9.60. The van der Waals surface area contributed by atoms with Crippen LogP contribution in [0.3, 0.4) is 0 Å². The Morgan fingerprint density at radius 3 is 2.77 bits per heavy atom. The number of allylic oxidation sites excluding steroid dienone is 1. The van der Waals surface area contributed by atoms with Crippen molar-refractivity contribution < 1.29 is 5.11 Å². The van der Waals surface area contributed by atoms with Crippen LogP contribution in [0.2, 0.25) is 0 Å². The molecular formula is C12H16O. The highest BCUT2D eigenvalue weighted by atomic mass is 16.3. The molecule has 0 spiro atoms. The Kier molecular flexibility index (Phi) is 3.56.